The molecule has 0 amide bonds. The average molecular weight is 310 g/mol. The summed E-state index contributed by atoms with van der Waals surface area (Å²) in [6.45, 7) is 1.68. The van der Waals surface area contributed by atoms with E-state index in [-0.39, 0.29) is 0 Å². The molecule has 1 aliphatic heterocycles. The summed E-state index contributed by atoms with van der Waals surface area (Å²) in [5.74, 6) is -1.31. The van der Waals surface area contributed by atoms with Crippen LogP contribution in [0.2, 0.25) is 4.34 Å². The van der Waals surface area contributed by atoms with E-state index in [0.29, 0.717) is 29.7 Å². The first-order valence-electron chi connectivity index (χ1n) is 6.15. The average Bonchev–Trinajstić information content (AvgIpc) is 2.83. The first-order valence-corrected chi connectivity index (χ1v) is 7.30. The van der Waals surface area contributed by atoms with Crippen LogP contribution >= 0.6 is 23.1 Å². The molecule has 20 heavy (non-hydrogen) atoms. The number of carbonyl (C=O) groups is 1. The zero-order chi connectivity index (χ0) is 14.1. The van der Waals surface area contributed by atoms with Crippen molar-refractivity contribution in [3.63, 3.8) is 0 Å². The zero-order valence-electron chi connectivity index (χ0n) is 10.5. The third-order valence-electron chi connectivity index (χ3n) is 3.45. The normalized spacial score (nSPS) is 18.8. The minimum absolute atomic E-state index is 0.459. The molecule has 0 aliphatic carbocycles. The minimum atomic E-state index is -0.801. The molecule has 0 saturated heterocycles. The van der Waals surface area contributed by atoms with Crippen LogP contribution < -0.4 is 0 Å². The molecule has 0 saturated carbocycles. The van der Waals surface area contributed by atoms with Gasteiger partial charge in [0.2, 0.25) is 0 Å². The number of aliphatic carboxylic acids is 1. The highest BCUT2D eigenvalue weighted by Gasteiger charge is 2.30. The van der Waals surface area contributed by atoms with Gasteiger partial charge in [0.1, 0.15) is 10.0 Å². The van der Waals surface area contributed by atoms with Gasteiger partial charge in [0.05, 0.1) is 5.92 Å². The molecular formula is C13H12ClN3O2S. The van der Waals surface area contributed by atoms with Crippen molar-refractivity contribution < 1.29 is 9.90 Å². The van der Waals surface area contributed by atoms with Crippen molar-refractivity contribution >= 4 is 29.1 Å². The Hall–Kier alpha value is -1.50. The maximum Gasteiger partial charge on any atom is 0.312 e. The van der Waals surface area contributed by atoms with Gasteiger partial charge in [-0.15, -0.1) is 5.10 Å². The van der Waals surface area contributed by atoms with Crippen molar-refractivity contribution in [3.8, 4) is 0 Å². The summed E-state index contributed by atoms with van der Waals surface area (Å²) < 4.78 is 4.37. The molecule has 1 aliphatic rings. The summed E-state index contributed by atoms with van der Waals surface area (Å²) >= 11 is 7.16. The molecule has 1 aromatic carbocycles. The Morgan fingerprint density at radius 2 is 2.30 bits per heavy atom. The first kappa shape index (κ1) is 13.5. The Labute approximate surface area is 125 Å². The smallest absolute Gasteiger partial charge is 0.312 e. The van der Waals surface area contributed by atoms with E-state index in [1.54, 1.807) is 0 Å². The second kappa shape index (κ2) is 5.47. The molecule has 0 spiro atoms. The van der Waals surface area contributed by atoms with E-state index in [9.17, 15) is 9.90 Å². The molecule has 1 atom stereocenters. The predicted molar refractivity (Wildman–Crippen MR) is 75.9 cm³/mol. The number of halogens is 1. The van der Waals surface area contributed by atoms with E-state index in [0.717, 1.165) is 22.7 Å². The van der Waals surface area contributed by atoms with Gasteiger partial charge in [-0.3, -0.25) is 9.69 Å². The molecule has 0 fully saturated rings. The second-order valence-electron chi connectivity index (χ2n) is 4.75. The minimum Gasteiger partial charge on any atom is -0.481 e. The monoisotopic (exact) mass is 309 g/mol. The van der Waals surface area contributed by atoms with Crippen LogP contribution in [0.1, 0.15) is 22.7 Å². The van der Waals surface area contributed by atoms with Gasteiger partial charge in [0, 0.05) is 31.2 Å². The standard InChI is InChI=1S/C13H12ClN3O2S/c14-12-11(15-16-20-12)7-17-5-8-3-1-2-4-9(8)10(6-17)13(18)19/h1-4,10H,5-7H2,(H,18,19). The third kappa shape index (κ3) is 2.54. The van der Waals surface area contributed by atoms with Crippen molar-refractivity contribution in [1.29, 1.82) is 0 Å². The van der Waals surface area contributed by atoms with Gasteiger partial charge in [0.25, 0.3) is 0 Å². The van der Waals surface area contributed by atoms with Gasteiger partial charge < -0.3 is 5.11 Å². The van der Waals surface area contributed by atoms with E-state index in [4.69, 9.17) is 11.6 Å². The van der Waals surface area contributed by atoms with E-state index >= 15 is 0 Å². The fourth-order valence-electron chi connectivity index (χ4n) is 2.51. The quantitative estimate of drug-likeness (QED) is 0.943. The van der Waals surface area contributed by atoms with Crippen molar-refractivity contribution in [2.45, 2.75) is 19.0 Å². The maximum atomic E-state index is 11.5. The largest absolute Gasteiger partial charge is 0.481 e. The van der Waals surface area contributed by atoms with Crippen LogP contribution in [0.3, 0.4) is 0 Å². The molecule has 0 bridgehead atoms. The number of hydrogen-bond acceptors (Lipinski definition) is 5. The zero-order valence-corrected chi connectivity index (χ0v) is 12.1. The predicted octanol–water partition coefficient (Wildman–Crippen LogP) is 2.38. The highest BCUT2D eigenvalue weighted by Crippen LogP contribution is 2.30. The Kier molecular flexibility index (Phi) is 3.69. The molecule has 1 unspecified atom stereocenters. The number of hydrogen-bond donors (Lipinski definition) is 1. The molecule has 5 nitrogen and oxygen atoms in total. The lowest BCUT2D eigenvalue weighted by Crippen LogP contribution is -2.36. The summed E-state index contributed by atoms with van der Waals surface area (Å²) in [6.07, 6.45) is 0. The molecule has 1 N–H and O–H groups in total. The van der Waals surface area contributed by atoms with E-state index in [1.165, 1.54) is 0 Å². The lowest BCUT2D eigenvalue weighted by atomic mass is 9.90. The summed E-state index contributed by atoms with van der Waals surface area (Å²) in [5.41, 5.74) is 2.66. The topological polar surface area (TPSA) is 66.3 Å². The van der Waals surface area contributed by atoms with E-state index in [1.807, 2.05) is 29.2 Å². The van der Waals surface area contributed by atoms with Crippen molar-refractivity contribution in [1.82, 2.24) is 14.5 Å². The number of benzene rings is 1. The van der Waals surface area contributed by atoms with Gasteiger partial charge in [-0.1, -0.05) is 40.4 Å². The number of fused-ring (bicyclic) bond motifs is 1. The maximum absolute atomic E-state index is 11.5. The van der Waals surface area contributed by atoms with Crippen LogP contribution in [0.5, 0.6) is 0 Å². The van der Waals surface area contributed by atoms with Gasteiger partial charge in [-0.25, -0.2) is 0 Å². The highest BCUT2D eigenvalue weighted by atomic mass is 35.5. The van der Waals surface area contributed by atoms with Crippen LogP contribution in [0.15, 0.2) is 24.3 Å². The number of rotatable bonds is 3. The Balaban J connectivity index is 1.86. The van der Waals surface area contributed by atoms with E-state index < -0.39 is 11.9 Å². The highest BCUT2D eigenvalue weighted by molar-refractivity contribution is 7.10. The Morgan fingerprint density at radius 1 is 1.50 bits per heavy atom. The lowest BCUT2D eigenvalue weighted by Gasteiger charge is -2.32. The molecule has 2 aromatic rings. The summed E-state index contributed by atoms with van der Waals surface area (Å²) in [6, 6.07) is 7.67. The number of nitrogens with zero attached hydrogens (tertiary/aromatic N) is 3. The van der Waals surface area contributed by atoms with Gasteiger partial charge >= 0.3 is 5.97 Å². The molecule has 7 heteroatoms. The Bertz CT molecular complexity index is 646. The lowest BCUT2D eigenvalue weighted by molar-refractivity contribution is -0.139. The van der Waals surface area contributed by atoms with Gasteiger partial charge in [0.15, 0.2) is 0 Å². The molecular weight excluding hydrogens is 298 g/mol. The van der Waals surface area contributed by atoms with Crippen LogP contribution in [0.4, 0.5) is 0 Å². The number of carboxylic acids is 1. The van der Waals surface area contributed by atoms with Crippen LogP contribution in [-0.4, -0.2) is 32.1 Å². The summed E-state index contributed by atoms with van der Waals surface area (Å²) in [7, 11) is 0. The molecule has 2 heterocycles. The van der Waals surface area contributed by atoms with Crippen LogP contribution in [0, 0.1) is 0 Å². The molecule has 104 valence electrons. The first-order chi connectivity index (χ1) is 9.65. The van der Waals surface area contributed by atoms with Crippen molar-refractivity contribution in [3.05, 3.63) is 45.4 Å². The second-order valence-corrected chi connectivity index (χ2v) is 6.11. The molecule has 0 radical (unpaired) electrons. The van der Waals surface area contributed by atoms with Crippen molar-refractivity contribution in [2.75, 3.05) is 6.54 Å². The van der Waals surface area contributed by atoms with Crippen LogP contribution in [0.25, 0.3) is 0 Å². The SMILES string of the molecule is O=C(O)C1CN(Cc2nnsc2Cl)Cc2ccccc21. The van der Waals surface area contributed by atoms with Gasteiger partial charge in [-0.05, 0) is 11.1 Å². The fraction of sp³-hybridized carbons (Fsp3) is 0.308. The summed E-state index contributed by atoms with van der Waals surface area (Å²) in [5, 5.41) is 13.4. The number of carboxylic acid groups (broad SMARTS) is 1. The molecule has 1 aromatic heterocycles. The van der Waals surface area contributed by atoms with E-state index in [2.05, 4.69) is 9.59 Å². The molecule has 3 rings (SSSR count). The third-order valence-corrected chi connectivity index (χ3v) is 4.43. The van der Waals surface area contributed by atoms with Gasteiger partial charge in [-0.2, -0.15) is 0 Å². The number of aromatic nitrogens is 2. The summed E-state index contributed by atoms with van der Waals surface area (Å²) in [4.78, 5) is 13.5. The Morgan fingerprint density at radius 3 is 3.00 bits per heavy atom. The van der Waals surface area contributed by atoms with Crippen LogP contribution in [-0.2, 0) is 17.9 Å². The fourth-order valence-corrected chi connectivity index (χ4v) is 3.13. The van der Waals surface area contributed by atoms with Crippen molar-refractivity contribution in [2.24, 2.45) is 0 Å².